The molecule has 0 aromatic rings. The molecule has 4 aliphatic carbocycles. The fourth-order valence-corrected chi connectivity index (χ4v) is 6.57. The molecule has 0 N–H and O–H groups in total. The van der Waals surface area contributed by atoms with Crippen molar-refractivity contribution < 1.29 is 9.53 Å². The number of rotatable bonds is 6. The Labute approximate surface area is 149 Å². The van der Waals surface area contributed by atoms with Crippen molar-refractivity contribution in [2.75, 3.05) is 0 Å². The molecule has 0 aliphatic heterocycles. The van der Waals surface area contributed by atoms with Gasteiger partial charge < -0.3 is 4.74 Å². The Morgan fingerprint density at radius 2 is 1.75 bits per heavy atom. The quantitative estimate of drug-likeness (QED) is 0.558. The maximum Gasteiger partial charge on any atom is 0.312 e. The third kappa shape index (κ3) is 2.72. The third-order valence-electron chi connectivity index (χ3n) is 7.97. The van der Waals surface area contributed by atoms with Crippen LogP contribution in [0.4, 0.5) is 0 Å². The van der Waals surface area contributed by atoms with Crippen molar-refractivity contribution in [1.82, 2.24) is 0 Å². The molecule has 3 unspecified atom stereocenters. The van der Waals surface area contributed by atoms with Crippen molar-refractivity contribution in [2.45, 2.75) is 98.5 Å². The summed E-state index contributed by atoms with van der Waals surface area (Å²) < 4.78 is 6.59. The van der Waals surface area contributed by atoms with Crippen molar-refractivity contribution >= 4 is 5.97 Å². The van der Waals surface area contributed by atoms with Gasteiger partial charge in [0.25, 0.3) is 0 Å². The van der Waals surface area contributed by atoms with Crippen molar-refractivity contribution in [2.24, 2.45) is 34.5 Å². The van der Waals surface area contributed by atoms with E-state index in [1.165, 1.54) is 44.9 Å². The smallest absolute Gasteiger partial charge is 0.312 e. The normalized spacial score (nSPS) is 42.2. The Morgan fingerprint density at radius 1 is 1.17 bits per heavy atom. The molecule has 4 fully saturated rings. The van der Waals surface area contributed by atoms with Crippen LogP contribution in [0.2, 0.25) is 0 Å². The van der Waals surface area contributed by atoms with Crippen LogP contribution in [0.3, 0.4) is 0 Å². The lowest BCUT2D eigenvalue weighted by Crippen LogP contribution is -2.65. The summed E-state index contributed by atoms with van der Waals surface area (Å²) in [5.41, 5.74) is -0.0356. The second kappa shape index (κ2) is 6.02. The molecule has 138 valence electrons. The van der Waals surface area contributed by atoms with E-state index in [0.717, 1.165) is 12.3 Å². The van der Waals surface area contributed by atoms with Crippen LogP contribution >= 0.6 is 0 Å². The van der Waals surface area contributed by atoms with Crippen LogP contribution < -0.4 is 0 Å². The predicted molar refractivity (Wildman–Crippen MR) is 98.6 cm³/mol. The molecule has 4 saturated carbocycles. The fourth-order valence-electron chi connectivity index (χ4n) is 6.57. The Kier molecular flexibility index (Phi) is 4.58. The average molecular weight is 335 g/mol. The number of esters is 1. The molecular weight excluding hydrogens is 296 g/mol. The van der Waals surface area contributed by atoms with Crippen LogP contribution in [-0.2, 0) is 9.53 Å². The summed E-state index contributed by atoms with van der Waals surface area (Å²) in [4.78, 5) is 13.1. The molecule has 0 spiro atoms. The molecule has 0 heterocycles. The van der Waals surface area contributed by atoms with Crippen molar-refractivity contribution in [3.05, 3.63) is 0 Å². The first-order chi connectivity index (χ1) is 11.2. The van der Waals surface area contributed by atoms with Crippen LogP contribution in [-0.4, -0.2) is 11.6 Å². The lowest BCUT2D eigenvalue weighted by atomic mass is 9.43. The van der Waals surface area contributed by atoms with Gasteiger partial charge >= 0.3 is 5.97 Å². The molecule has 0 amide bonds. The molecule has 2 heteroatoms. The summed E-state index contributed by atoms with van der Waals surface area (Å²) in [6, 6.07) is 0. The first-order valence-corrected chi connectivity index (χ1v) is 10.4. The van der Waals surface area contributed by atoms with Crippen LogP contribution in [0, 0.1) is 34.5 Å². The van der Waals surface area contributed by atoms with Gasteiger partial charge in [-0.3, -0.25) is 4.79 Å². The van der Waals surface area contributed by atoms with E-state index in [4.69, 9.17) is 4.74 Å². The monoisotopic (exact) mass is 334 g/mol. The van der Waals surface area contributed by atoms with E-state index in [-0.39, 0.29) is 17.0 Å². The Hall–Kier alpha value is -0.530. The molecule has 4 rings (SSSR count). The lowest BCUT2D eigenvalue weighted by molar-refractivity contribution is -0.246. The minimum Gasteiger partial charge on any atom is -0.458 e. The Bertz CT molecular complexity index is 476. The van der Waals surface area contributed by atoms with E-state index in [1.807, 2.05) is 13.8 Å². The Balaban J connectivity index is 1.94. The minimum absolute atomic E-state index is 0.0468. The fraction of sp³-hybridized carbons (Fsp3) is 0.955. The van der Waals surface area contributed by atoms with Gasteiger partial charge in [0.1, 0.15) is 5.60 Å². The van der Waals surface area contributed by atoms with Gasteiger partial charge in [-0.1, -0.05) is 34.1 Å². The third-order valence-corrected chi connectivity index (χ3v) is 7.97. The summed E-state index contributed by atoms with van der Waals surface area (Å²) in [5, 5.41) is 0. The molecule has 0 aromatic heterocycles. The van der Waals surface area contributed by atoms with Gasteiger partial charge in [0.15, 0.2) is 0 Å². The van der Waals surface area contributed by atoms with Gasteiger partial charge in [-0.15, -0.1) is 0 Å². The van der Waals surface area contributed by atoms with E-state index in [9.17, 15) is 4.79 Å². The van der Waals surface area contributed by atoms with E-state index in [2.05, 4.69) is 27.7 Å². The van der Waals surface area contributed by atoms with Gasteiger partial charge in [0.2, 0.25) is 0 Å². The molecule has 3 atom stereocenters. The molecule has 0 radical (unpaired) electrons. The predicted octanol–water partition coefficient (Wildman–Crippen LogP) is 5.99. The van der Waals surface area contributed by atoms with Crippen LogP contribution in [0.15, 0.2) is 0 Å². The largest absolute Gasteiger partial charge is 0.458 e. The van der Waals surface area contributed by atoms with Gasteiger partial charge in [0, 0.05) is 11.8 Å². The number of hydrogen-bond acceptors (Lipinski definition) is 2. The summed E-state index contributed by atoms with van der Waals surface area (Å²) in [5.74, 6) is 2.59. The maximum atomic E-state index is 13.1. The molecule has 0 aromatic carbocycles. The molecule has 2 nitrogen and oxygen atoms in total. The van der Waals surface area contributed by atoms with E-state index in [1.54, 1.807) is 0 Å². The second-order valence-electron chi connectivity index (χ2n) is 10.3. The highest BCUT2D eigenvalue weighted by molar-refractivity contribution is 5.76. The standard InChI is InChI=1S/C22H38O2/c1-7-9-15(3)22(24-19(23)20(4,5)8-2)17-10-16-11-18(22)14-21(6,12-16)13-17/h15-18H,7-14H2,1-6H3. The average Bonchev–Trinajstić information content (AvgIpc) is 2.49. The zero-order chi connectivity index (χ0) is 17.8. The molecule has 0 saturated heterocycles. The number of ether oxygens (including phenoxy) is 1. The summed E-state index contributed by atoms with van der Waals surface area (Å²) in [6.07, 6.45) is 9.74. The zero-order valence-corrected chi connectivity index (χ0v) is 16.8. The van der Waals surface area contributed by atoms with E-state index >= 15 is 0 Å². The van der Waals surface area contributed by atoms with Crippen LogP contribution in [0.5, 0.6) is 0 Å². The summed E-state index contributed by atoms with van der Waals surface area (Å²) >= 11 is 0. The maximum absolute atomic E-state index is 13.1. The van der Waals surface area contributed by atoms with Crippen LogP contribution in [0.25, 0.3) is 0 Å². The SMILES string of the molecule is CCCC(C)C1(OC(=O)C(C)(C)CC)C2CC3CC1CC(C)(C3)C2. The highest BCUT2D eigenvalue weighted by Gasteiger charge is 2.64. The summed E-state index contributed by atoms with van der Waals surface area (Å²) in [7, 11) is 0. The van der Waals surface area contributed by atoms with E-state index in [0.29, 0.717) is 23.2 Å². The van der Waals surface area contributed by atoms with Gasteiger partial charge in [-0.2, -0.15) is 0 Å². The molecular formula is C22H38O2. The number of carbonyl (C=O) groups is 1. The minimum atomic E-state index is -0.364. The zero-order valence-electron chi connectivity index (χ0n) is 16.8. The van der Waals surface area contributed by atoms with Gasteiger partial charge in [-0.25, -0.2) is 0 Å². The number of hydrogen-bond donors (Lipinski definition) is 0. The molecule has 4 aliphatic rings. The first kappa shape index (κ1) is 18.3. The molecule has 4 bridgehead atoms. The number of carbonyl (C=O) groups excluding carboxylic acids is 1. The first-order valence-electron chi connectivity index (χ1n) is 10.4. The van der Waals surface area contributed by atoms with Crippen molar-refractivity contribution in [3.63, 3.8) is 0 Å². The highest BCUT2D eigenvalue weighted by Crippen LogP contribution is 2.66. The second-order valence-corrected chi connectivity index (χ2v) is 10.3. The van der Waals surface area contributed by atoms with Crippen molar-refractivity contribution in [3.8, 4) is 0 Å². The Morgan fingerprint density at radius 3 is 2.21 bits per heavy atom. The van der Waals surface area contributed by atoms with Crippen LogP contribution in [0.1, 0.15) is 92.9 Å². The van der Waals surface area contributed by atoms with Crippen molar-refractivity contribution in [1.29, 1.82) is 0 Å². The molecule has 24 heavy (non-hydrogen) atoms. The van der Waals surface area contributed by atoms with Gasteiger partial charge in [-0.05, 0) is 76.0 Å². The van der Waals surface area contributed by atoms with E-state index < -0.39 is 0 Å². The summed E-state index contributed by atoms with van der Waals surface area (Å²) in [6.45, 7) is 13.3. The van der Waals surface area contributed by atoms with Gasteiger partial charge in [0.05, 0.1) is 5.41 Å². The lowest BCUT2D eigenvalue weighted by Gasteiger charge is -2.65. The highest BCUT2D eigenvalue weighted by atomic mass is 16.6. The topological polar surface area (TPSA) is 26.3 Å².